The van der Waals surface area contributed by atoms with Crippen molar-refractivity contribution in [2.45, 2.75) is 57.0 Å². The number of nitrogens with zero attached hydrogens (tertiary/aromatic N) is 1. The minimum absolute atomic E-state index is 0.101. The van der Waals surface area contributed by atoms with Crippen LogP contribution in [-0.4, -0.2) is 53.6 Å². The molecule has 33 heavy (non-hydrogen) atoms. The molecule has 2 N–H and O–H groups in total. The van der Waals surface area contributed by atoms with E-state index in [1.165, 1.54) is 17.4 Å². The number of amides is 3. The van der Waals surface area contributed by atoms with E-state index >= 15 is 0 Å². The summed E-state index contributed by atoms with van der Waals surface area (Å²) >= 11 is 0. The van der Waals surface area contributed by atoms with Crippen LogP contribution in [0.5, 0.6) is 0 Å². The van der Waals surface area contributed by atoms with Crippen molar-refractivity contribution in [1.29, 1.82) is 0 Å². The summed E-state index contributed by atoms with van der Waals surface area (Å²) in [4.78, 5) is 52.6. The zero-order valence-corrected chi connectivity index (χ0v) is 18.5. The minimum atomic E-state index is -0.761. The van der Waals surface area contributed by atoms with Gasteiger partial charge in [0, 0.05) is 6.54 Å². The van der Waals surface area contributed by atoms with E-state index in [9.17, 15) is 19.2 Å². The van der Waals surface area contributed by atoms with Crippen LogP contribution in [0, 0.1) is 5.92 Å². The fourth-order valence-corrected chi connectivity index (χ4v) is 4.63. The molecule has 1 unspecified atom stereocenters. The maximum atomic E-state index is 13.2. The number of likely N-dealkylation sites (tertiary alicyclic amines) is 1. The summed E-state index contributed by atoms with van der Waals surface area (Å²) in [6, 6.07) is 4.87. The summed E-state index contributed by atoms with van der Waals surface area (Å²) in [5.41, 5.74) is 0. The van der Waals surface area contributed by atoms with Crippen LogP contribution in [0.2, 0.25) is 0 Å². The van der Waals surface area contributed by atoms with Gasteiger partial charge in [-0.1, -0.05) is 25.7 Å². The van der Waals surface area contributed by atoms with E-state index in [0.717, 1.165) is 25.7 Å². The Bertz CT molecular complexity index is 963. The molecule has 3 heterocycles. The lowest BCUT2D eigenvalue weighted by Gasteiger charge is -2.24. The Kier molecular flexibility index (Phi) is 7.26. The van der Waals surface area contributed by atoms with Crippen LogP contribution in [-0.2, 0) is 9.59 Å². The highest BCUT2D eigenvalue weighted by Crippen LogP contribution is 2.29. The van der Waals surface area contributed by atoms with Gasteiger partial charge in [-0.05, 0) is 49.4 Å². The Hall–Kier alpha value is -3.36. The van der Waals surface area contributed by atoms with Gasteiger partial charge in [0.25, 0.3) is 11.8 Å². The number of carbonyl (C=O) groups is 4. The average molecular weight is 456 g/mol. The topological polar surface area (TPSA) is 122 Å². The van der Waals surface area contributed by atoms with Gasteiger partial charge in [-0.25, -0.2) is 0 Å². The van der Waals surface area contributed by atoms with Crippen LogP contribution < -0.4 is 10.6 Å². The molecule has 9 nitrogen and oxygen atoms in total. The molecule has 1 saturated carbocycles. The molecule has 0 spiro atoms. The van der Waals surface area contributed by atoms with E-state index in [1.54, 1.807) is 24.3 Å². The van der Waals surface area contributed by atoms with E-state index in [-0.39, 0.29) is 35.7 Å². The molecule has 9 heteroatoms. The number of hydrogen-bond donors (Lipinski definition) is 2. The van der Waals surface area contributed by atoms with Crippen molar-refractivity contribution in [2.75, 3.05) is 13.1 Å². The van der Waals surface area contributed by atoms with E-state index < -0.39 is 18.0 Å². The lowest BCUT2D eigenvalue weighted by molar-refractivity contribution is -0.129. The van der Waals surface area contributed by atoms with Crippen LogP contribution in [0.4, 0.5) is 0 Å². The first-order valence-electron chi connectivity index (χ1n) is 11.5. The molecule has 2 fully saturated rings. The number of hydrogen-bond acceptors (Lipinski definition) is 6. The first-order chi connectivity index (χ1) is 16.0. The summed E-state index contributed by atoms with van der Waals surface area (Å²) < 4.78 is 10.3. The Morgan fingerprint density at radius 1 is 1.00 bits per heavy atom. The molecule has 0 bridgehead atoms. The van der Waals surface area contributed by atoms with Crippen molar-refractivity contribution in [3.63, 3.8) is 0 Å². The second-order valence-electron chi connectivity index (χ2n) is 8.76. The molecule has 4 rings (SSSR count). The number of furan rings is 2. The first kappa shape index (κ1) is 22.8. The van der Waals surface area contributed by atoms with Gasteiger partial charge in [0.1, 0.15) is 6.04 Å². The molecular formula is C24H29N3O6. The van der Waals surface area contributed by atoms with Crippen LogP contribution in [0.25, 0.3) is 0 Å². The molecule has 176 valence electrons. The molecule has 3 amide bonds. The summed E-state index contributed by atoms with van der Waals surface area (Å²) in [7, 11) is 0. The zero-order chi connectivity index (χ0) is 23.2. The number of nitrogens with one attached hydrogen (secondary N) is 2. The number of Topliss-reactive ketones (excluding diaryl/α,β-unsaturated/α-hetero) is 1. The molecule has 2 aromatic heterocycles. The second-order valence-corrected chi connectivity index (χ2v) is 8.76. The molecule has 2 aliphatic rings. The predicted octanol–water partition coefficient (Wildman–Crippen LogP) is 2.54. The Balaban J connectivity index is 1.40. The van der Waals surface area contributed by atoms with Gasteiger partial charge in [-0.3, -0.25) is 19.2 Å². The molecule has 0 aromatic carbocycles. The van der Waals surface area contributed by atoms with Crippen LogP contribution >= 0.6 is 0 Å². The highest BCUT2D eigenvalue weighted by molar-refractivity contribution is 5.99. The summed E-state index contributed by atoms with van der Waals surface area (Å²) in [5.74, 6) is -0.752. The van der Waals surface area contributed by atoms with Gasteiger partial charge < -0.3 is 24.4 Å². The second kappa shape index (κ2) is 10.5. The summed E-state index contributed by atoms with van der Waals surface area (Å²) in [5, 5.41) is 5.61. The maximum absolute atomic E-state index is 13.2. The Labute approximate surface area is 191 Å². The molecule has 1 aliphatic carbocycles. The molecule has 1 aliphatic heterocycles. The van der Waals surface area contributed by atoms with Crippen LogP contribution in [0.3, 0.4) is 0 Å². The maximum Gasteiger partial charge on any atom is 0.289 e. The lowest BCUT2D eigenvalue weighted by Crippen LogP contribution is -2.52. The van der Waals surface area contributed by atoms with Crippen molar-refractivity contribution in [2.24, 2.45) is 5.92 Å². The molecule has 0 radical (unpaired) electrons. The molecule has 1 saturated heterocycles. The monoisotopic (exact) mass is 455 g/mol. The van der Waals surface area contributed by atoms with E-state index in [4.69, 9.17) is 8.83 Å². The quantitative estimate of drug-likeness (QED) is 0.662. The van der Waals surface area contributed by atoms with E-state index in [2.05, 4.69) is 10.6 Å². The van der Waals surface area contributed by atoms with Crippen LogP contribution in [0.1, 0.15) is 66.1 Å². The smallest absolute Gasteiger partial charge is 0.289 e. The third kappa shape index (κ3) is 5.71. The largest absolute Gasteiger partial charge is 0.459 e. The highest BCUT2D eigenvalue weighted by Gasteiger charge is 2.33. The molecule has 2 atom stereocenters. The van der Waals surface area contributed by atoms with Gasteiger partial charge in [0.15, 0.2) is 17.3 Å². The van der Waals surface area contributed by atoms with Gasteiger partial charge in [-0.15, -0.1) is 0 Å². The fourth-order valence-electron chi connectivity index (χ4n) is 4.63. The minimum Gasteiger partial charge on any atom is -0.459 e. The number of rotatable bonds is 7. The summed E-state index contributed by atoms with van der Waals surface area (Å²) in [6.45, 7) is 0.300. The normalized spacial score (nSPS) is 20.3. The number of carbonyl (C=O) groups excluding carboxylic acids is 4. The first-order valence-corrected chi connectivity index (χ1v) is 11.5. The van der Waals surface area contributed by atoms with Crippen molar-refractivity contribution in [3.8, 4) is 0 Å². The average Bonchev–Trinajstić information content (AvgIpc) is 3.58. The van der Waals surface area contributed by atoms with Gasteiger partial charge in [0.05, 0.1) is 25.1 Å². The van der Waals surface area contributed by atoms with Gasteiger partial charge in [-0.2, -0.15) is 0 Å². The highest BCUT2D eigenvalue weighted by atomic mass is 16.3. The third-order valence-electron chi connectivity index (χ3n) is 6.40. The fraction of sp³-hybridized carbons (Fsp3) is 0.500. The van der Waals surface area contributed by atoms with Crippen LogP contribution in [0.15, 0.2) is 45.6 Å². The van der Waals surface area contributed by atoms with Gasteiger partial charge in [0.2, 0.25) is 5.91 Å². The lowest BCUT2D eigenvalue weighted by atomic mass is 9.97. The number of ketones is 1. The standard InChI is InChI=1S/C24H29N3O6/c28-19-15-27(24(31)21-10-5-13-33-21)11-3-8-17(19)25-22(29)18(14-16-6-1-2-7-16)26-23(30)20-9-4-12-32-20/h4-5,9-10,12-13,16-18H,1-3,6-8,11,14-15H2,(H,25,29)(H,26,30)/t17?,18-/m0/s1. The van der Waals surface area contributed by atoms with E-state index in [1.807, 2.05) is 0 Å². The van der Waals surface area contributed by atoms with Crippen molar-refractivity contribution in [1.82, 2.24) is 15.5 Å². The Morgan fingerprint density at radius 3 is 2.36 bits per heavy atom. The van der Waals surface area contributed by atoms with Crippen molar-refractivity contribution >= 4 is 23.5 Å². The van der Waals surface area contributed by atoms with Crippen molar-refractivity contribution in [3.05, 3.63) is 48.3 Å². The predicted molar refractivity (Wildman–Crippen MR) is 117 cm³/mol. The SMILES string of the molecule is O=C(N[C@@H](CC1CCCC1)C(=O)NC1CCCN(C(=O)c2ccco2)CC1=O)c1ccco1. The van der Waals surface area contributed by atoms with E-state index in [0.29, 0.717) is 31.7 Å². The van der Waals surface area contributed by atoms with Crippen molar-refractivity contribution < 1.29 is 28.0 Å². The molecular weight excluding hydrogens is 426 g/mol. The third-order valence-corrected chi connectivity index (χ3v) is 6.40. The van der Waals surface area contributed by atoms with Gasteiger partial charge >= 0.3 is 0 Å². The molecule has 2 aromatic rings. The Morgan fingerprint density at radius 2 is 1.70 bits per heavy atom. The zero-order valence-electron chi connectivity index (χ0n) is 18.5. The summed E-state index contributed by atoms with van der Waals surface area (Å²) in [6.07, 6.45) is 8.60.